The van der Waals surface area contributed by atoms with Crippen molar-refractivity contribution in [1.82, 2.24) is 9.80 Å². The molecule has 0 aromatic heterocycles. The van der Waals surface area contributed by atoms with Crippen molar-refractivity contribution in [3.05, 3.63) is 22.7 Å². The summed E-state index contributed by atoms with van der Waals surface area (Å²) in [5.74, 6) is 1.19. The summed E-state index contributed by atoms with van der Waals surface area (Å²) in [5.41, 5.74) is 2.03. The summed E-state index contributed by atoms with van der Waals surface area (Å²) in [5, 5.41) is 0.691. The Labute approximate surface area is 161 Å². The van der Waals surface area contributed by atoms with Gasteiger partial charge >= 0.3 is 6.09 Å². The molecule has 1 saturated heterocycles. The smallest absolute Gasteiger partial charge is 0.409 e. The molecule has 0 saturated carbocycles. The van der Waals surface area contributed by atoms with E-state index in [2.05, 4.69) is 9.80 Å². The van der Waals surface area contributed by atoms with Crippen molar-refractivity contribution in [1.29, 1.82) is 0 Å². The third-order valence-corrected chi connectivity index (χ3v) is 4.44. The molecule has 146 valence electrons. The number of anilines is 1. The molecule has 1 fully saturated rings. The lowest BCUT2D eigenvalue weighted by atomic mass is 10.1. The van der Waals surface area contributed by atoms with E-state index < -0.39 is 0 Å². The van der Waals surface area contributed by atoms with E-state index in [1.807, 2.05) is 40.1 Å². The number of piperazine rings is 1. The van der Waals surface area contributed by atoms with Gasteiger partial charge in [-0.2, -0.15) is 0 Å². The van der Waals surface area contributed by atoms with E-state index in [0.29, 0.717) is 30.6 Å². The van der Waals surface area contributed by atoms with Crippen molar-refractivity contribution in [2.45, 2.75) is 20.4 Å². The first-order valence-electron chi connectivity index (χ1n) is 8.99. The second-order valence-corrected chi connectivity index (χ2v) is 7.74. The predicted molar refractivity (Wildman–Crippen MR) is 105 cm³/mol. The molecule has 1 amide bonds. The van der Waals surface area contributed by atoms with Crippen molar-refractivity contribution >= 4 is 23.4 Å². The highest BCUT2D eigenvalue weighted by atomic mass is 35.5. The van der Waals surface area contributed by atoms with E-state index in [4.69, 9.17) is 21.1 Å². The minimum Gasteiger partial charge on any atom is -0.494 e. The second-order valence-electron chi connectivity index (χ2n) is 7.30. The van der Waals surface area contributed by atoms with Crippen LogP contribution in [0.5, 0.6) is 5.75 Å². The fraction of sp³-hybridized carbons (Fsp3) is 0.632. The molecule has 0 radical (unpaired) electrons. The van der Waals surface area contributed by atoms with Crippen LogP contribution in [-0.4, -0.2) is 69.9 Å². The molecule has 1 aliphatic rings. The van der Waals surface area contributed by atoms with Crippen molar-refractivity contribution in [2.75, 3.05) is 58.9 Å². The molecule has 1 aromatic rings. The predicted octanol–water partition coefficient (Wildman–Crippen LogP) is 3.32. The third kappa shape index (κ3) is 5.42. The molecule has 26 heavy (non-hydrogen) atoms. The first-order chi connectivity index (χ1) is 12.3. The number of halogens is 1. The fourth-order valence-electron chi connectivity index (χ4n) is 3.02. The molecule has 1 aliphatic heterocycles. The molecule has 0 spiro atoms. The van der Waals surface area contributed by atoms with Gasteiger partial charge in [-0.05, 0) is 32.1 Å². The Hall–Kier alpha value is -1.66. The zero-order valence-corrected chi connectivity index (χ0v) is 17.2. The summed E-state index contributed by atoms with van der Waals surface area (Å²) >= 11 is 6.35. The third-order valence-electron chi connectivity index (χ3n) is 4.22. The normalized spacial score (nSPS) is 14.9. The van der Waals surface area contributed by atoms with E-state index in [1.165, 1.54) is 0 Å². The first kappa shape index (κ1) is 20.6. The molecule has 6 nitrogen and oxygen atoms in total. The maximum absolute atomic E-state index is 12.1. The van der Waals surface area contributed by atoms with E-state index in [-0.39, 0.29) is 6.09 Å². The lowest BCUT2D eigenvalue weighted by Crippen LogP contribution is -2.49. The Morgan fingerprint density at radius 2 is 1.88 bits per heavy atom. The number of nitrogens with zero attached hydrogens (tertiary/aromatic N) is 3. The summed E-state index contributed by atoms with van der Waals surface area (Å²) < 4.78 is 11.0. The van der Waals surface area contributed by atoms with Gasteiger partial charge in [0.1, 0.15) is 5.75 Å². The SMILES string of the molecule is COc1c(CN(C)C)cc(Cl)cc1N1CCN(C(=O)OCC(C)C)CC1. The van der Waals surface area contributed by atoms with Crippen molar-refractivity contribution in [3.63, 3.8) is 0 Å². The quantitative estimate of drug-likeness (QED) is 0.754. The van der Waals surface area contributed by atoms with Crippen LogP contribution in [0.4, 0.5) is 10.5 Å². The minimum absolute atomic E-state index is 0.232. The van der Waals surface area contributed by atoms with Crippen LogP contribution in [0.2, 0.25) is 5.02 Å². The summed E-state index contributed by atoms with van der Waals surface area (Å²) in [6.45, 7) is 7.94. The average molecular weight is 384 g/mol. The van der Waals surface area contributed by atoms with Crippen molar-refractivity contribution in [2.24, 2.45) is 5.92 Å². The van der Waals surface area contributed by atoms with Gasteiger partial charge in [0.25, 0.3) is 0 Å². The zero-order valence-electron chi connectivity index (χ0n) is 16.4. The van der Waals surface area contributed by atoms with Crippen LogP contribution in [0.3, 0.4) is 0 Å². The minimum atomic E-state index is -0.232. The maximum atomic E-state index is 12.1. The topological polar surface area (TPSA) is 45.2 Å². The van der Waals surface area contributed by atoms with Crippen LogP contribution in [0.1, 0.15) is 19.4 Å². The highest BCUT2D eigenvalue weighted by Crippen LogP contribution is 2.36. The molecule has 0 unspecified atom stereocenters. The highest BCUT2D eigenvalue weighted by Gasteiger charge is 2.25. The molecule has 0 N–H and O–H groups in total. The Balaban J connectivity index is 2.09. The number of rotatable bonds is 6. The van der Waals surface area contributed by atoms with Gasteiger partial charge in [0.2, 0.25) is 0 Å². The summed E-state index contributed by atoms with van der Waals surface area (Å²) in [6, 6.07) is 3.88. The Morgan fingerprint density at radius 3 is 2.42 bits per heavy atom. The first-order valence-corrected chi connectivity index (χ1v) is 9.37. The molecule has 0 aliphatic carbocycles. The number of hydrogen-bond donors (Lipinski definition) is 0. The molecular weight excluding hydrogens is 354 g/mol. The Bertz CT molecular complexity index is 614. The monoisotopic (exact) mass is 383 g/mol. The van der Waals surface area contributed by atoms with Crippen LogP contribution < -0.4 is 9.64 Å². The standard InChI is InChI=1S/C19H30ClN3O3/c1-14(2)13-26-19(24)23-8-6-22(7-9-23)17-11-16(20)10-15(12-21(3)4)18(17)25-5/h10-11,14H,6-9,12-13H2,1-5H3. The lowest BCUT2D eigenvalue weighted by Gasteiger charge is -2.36. The van der Waals surface area contributed by atoms with Gasteiger partial charge in [-0.15, -0.1) is 0 Å². The molecule has 1 aromatic carbocycles. The van der Waals surface area contributed by atoms with E-state index in [9.17, 15) is 4.79 Å². The number of methoxy groups -OCH3 is 1. The van der Waals surface area contributed by atoms with Crippen LogP contribution in [0.15, 0.2) is 12.1 Å². The summed E-state index contributed by atoms with van der Waals surface area (Å²) in [4.78, 5) is 18.2. The van der Waals surface area contributed by atoms with Gasteiger partial charge in [0, 0.05) is 43.3 Å². The maximum Gasteiger partial charge on any atom is 0.409 e. The van der Waals surface area contributed by atoms with Crippen LogP contribution in [-0.2, 0) is 11.3 Å². The summed E-state index contributed by atoms with van der Waals surface area (Å²) in [7, 11) is 5.72. The highest BCUT2D eigenvalue weighted by molar-refractivity contribution is 6.31. The molecule has 7 heteroatoms. The van der Waals surface area contributed by atoms with Gasteiger partial charge in [-0.25, -0.2) is 4.79 Å². The Morgan fingerprint density at radius 1 is 1.23 bits per heavy atom. The molecule has 0 atom stereocenters. The van der Waals surface area contributed by atoms with Crippen molar-refractivity contribution in [3.8, 4) is 5.75 Å². The summed E-state index contributed by atoms with van der Waals surface area (Å²) in [6.07, 6.45) is -0.232. The molecule has 0 bridgehead atoms. The van der Waals surface area contributed by atoms with Gasteiger partial charge in [-0.3, -0.25) is 0 Å². The van der Waals surface area contributed by atoms with Gasteiger partial charge in [0.15, 0.2) is 0 Å². The molecular formula is C19H30ClN3O3. The number of carbonyl (C=O) groups is 1. The Kier molecular flexibility index (Phi) is 7.41. The largest absolute Gasteiger partial charge is 0.494 e. The molecule has 2 rings (SSSR count). The van der Waals surface area contributed by atoms with Crippen LogP contribution in [0, 0.1) is 5.92 Å². The fourth-order valence-corrected chi connectivity index (χ4v) is 3.26. The van der Waals surface area contributed by atoms with Gasteiger partial charge < -0.3 is 24.2 Å². The van der Waals surface area contributed by atoms with E-state index >= 15 is 0 Å². The molecule has 1 heterocycles. The van der Waals surface area contributed by atoms with Gasteiger partial charge in [-0.1, -0.05) is 25.4 Å². The number of ether oxygens (including phenoxy) is 2. The van der Waals surface area contributed by atoms with E-state index in [1.54, 1.807) is 12.0 Å². The lowest BCUT2D eigenvalue weighted by molar-refractivity contribution is 0.0901. The van der Waals surface area contributed by atoms with Crippen molar-refractivity contribution < 1.29 is 14.3 Å². The van der Waals surface area contributed by atoms with Crippen LogP contribution in [0.25, 0.3) is 0 Å². The van der Waals surface area contributed by atoms with Gasteiger partial charge in [0.05, 0.1) is 19.4 Å². The number of hydrogen-bond acceptors (Lipinski definition) is 5. The van der Waals surface area contributed by atoms with Crippen LogP contribution >= 0.6 is 11.6 Å². The zero-order chi connectivity index (χ0) is 19.3. The average Bonchev–Trinajstić information content (AvgIpc) is 2.58. The second kappa shape index (κ2) is 9.33. The number of amides is 1. The van der Waals surface area contributed by atoms with E-state index in [0.717, 1.165) is 36.6 Å². The number of benzene rings is 1. The number of carbonyl (C=O) groups excluding carboxylic acids is 1.